The molecule has 0 spiro atoms. The number of rotatable bonds is 6. The van der Waals surface area contributed by atoms with E-state index in [0.717, 1.165) is 29.8 Å². The van der Waals surface area contributed by atoms with E-state index in [9.17, 15) is 0 Å². The topological polar surface area (TPSA) is 21.9 Å². The van der Waals surface area contributed by atoms with E-state index in [1.54, 1.807) is 0 Å². The molecule has 4 atom stereocenters. The van der Waals surface area contributed by atoms with Crippen molar-refractivity contribution >= 4 is 0 Å². The molecule has 1 aliphatic carbocycles. The second kappa shape index (κ2) is 4.06. The maximum atomic E-state index is 3.93. The summed E-state index contributed by atoms with van der Waals surface area (Å²) in [5.41, 5.74) is 0. The van der Waals surface area contributed by atoms with Gasteiger partial charge in [-0.15, -0.1) is 6.58 Å². The van der Waals surface area contributed by atoms with Crippen molar-refractivity contribution in [1.82, 2.24) is 5.32 Å². The van der Waals surface area contributed by atoms with Crippen molar-refractivity contribution in [1.29, 1.82) is 0 Å². The third-order valence-corrected chi connectivity index (χ3v) is 4.06. The fourth-order valence-electron chi connectivity index (χ4n) is 2.61. The highest BCUT2D eigenvalue weighted by atomic mass is 15.1. The van der Waals surface area contributed by atoms with Gasteiger partial charge in [0.25, 0.3) is 0 Å². The molecule has 0 radical (unpaired) electrons. The maximum absolute atomic E-state index is 3.93. The van der Waals surface area contributed by atoms with E-state index in [0.29, 0.717) is 0 Å². The van der Waals surface area contributed by atoms with E-state index in [2.05, 4.69) is 31.8 Å². The van der Waals surface area contributed by atoms with E-state index in [1.807, 2.05) is 0 Å². The minimum absolute atomic E-state index is 0.719. The lowest BCUT2D eigenvalue weighted by Crippen LogP contribution is -2.13. The van der Waals surface area contributed by atoms with Crippen molar-refractivity contribution in [2.45, 2.75) is 51.6 Å². The molecule has 2 aliphatic rings. The van der Waals surface area contributed by atoms with Gasteiger partial charge in [-0.25, -0.2) is 0 Å². The van der Waals surface area contributed by atoms with E-state index in [4.69, 9.17) is 0 Å². The zero-order valence-electron chi connectivity index (χ0n) is 9.50. The molecule has 0 aromatic carbocycles. The Morgan fingerprint density at radius 2 is 2.14 bits per heavy atom. The molecule has 1 nitrogen and oxygen atoms in total. The molecule has 1 saturated carbocycles. The van der Waals surface area contributed by atoms with Gasteiger partial charge in [-0.3, -0.25) is 0 Å². The summed E-state index contributed by atoms with van der Waals surface area (Å²) in [6.45, 7) is 8.55. The number of hydrogen-bond donors (Lipinski definition) is 1. The Balaban J connectivity index is 1.75. The summed E-state index contributed by atoms with van der Waals surface area (Å²) in [6.07, 6.45) is 7.86. The molecule has 1 heterocycles. The van der Waals surface area contributed by atoms with Crippen LogP contribution in [0.2, 0.25) is 0 Å². The monoisotopic (exact) mass is 193 g/mol. The van der Waals surface area contributed by atoms with Crippen molar-refractivity contribution in [2.24, 2.45) is 17.8 Å². The van der Waals surface area contributed by atoms with Crippen molar-refractivity contribution in [3.63, 3.8) is 0 Å². The van der Waals surface area contributed by atoms with Gasteiger partial charge >= 0.3 is 0 Å². The zero-order valence-corrected chi connectivity index (χ0v) is 9.50. The number of allylic oxidation sites excluding steroid dienone is 1. The van der Waals surface area contributed by atoms with Gasteiger partial charge in [-0.05, 0) is 50.4 Å². The first-order valence-corrected chi connectivity index (χ1v) is 6.11. The molecule has 4 unspecified atom stereocenters. The third kappa shape index (κ3) is 2.38. The molecule has 0 bridgehead atoms. The van der Waals surface area contributed by atoms with Gasteiger partial charge in [-0.2, -0.15) is 0 Å². The highest BCUT2D eigenvalue weighted by Crippen LogP contribution is 2.43. The SMILES string of the molecule is C=CC(C)C(CCC1NC1C)C1CC1. The van der Waals surface area contributed by atoms with Crippen LogP contribution < -0.4 is 5.32 Å². The van der Waals surface area contributed by atoms with Gasteiger partial charge in [0.15, 0.2) is 0 Å². The van der Waals surface area contributed by atoms with E-state index in [-0.39, 0.29) is 0 Å². The fraction of sp³-hybridized carbons (Fsp3) is 0.846. The van der Waals surface area contributed by atoms with Gasteiger partial charge in [0.05, 0.1) is 0 Å². The largest absolute Gasteiger partial charge is 0.308 e. The summed E-state index contributed by atoms with van der Waals surface area (Å²) < 4.78 is 0. The van der Waals surface area contributed by atoms with Crippen molar-refractivity contribution in [2.75, 3.05) is 0 Å². The van der Waals surface area contributed by atoms with Crippen LogP contribution in [0.25, 0.3) is 0 Å². The first kappa shape index (κ1) is 10.2. The van der Waals surface area contributed by atoms with E-state index < -0.39 is 0 Å². The van der Waals surface area contributed by atoms with Crippen molar-refractivity contribution in [3.8, 4) is 0 Å². The summed E-state index contributed by atoms with van der Waals surface area (Å²) in [7, 11) is 0. The third-order valence-electron chi connectivity index (χ3n) is 4.06. The van der Waals surface area contributed by atoms with Gasteiger partial charge in [0.2, 0.25) is 0 Å². The quantitative estimate of drug-likeness (QED) is 0.508. The van der Waals surface area contributed by atoms with Crippen LogP contribution in [0.5, 0.6) is 0 Å². The summed E-state index contributed by atoms with van der Waals surface area (Å²) in [4.78, 5) is 0. The van der Waals surface area contributed by atoms with Crippen molar-refractivity contribution in [3.05, 3.63) is 12.7 Å². The molecule has 0 aromatic rings. The van der Waals surface area contributed by atoms with Crippen LogP contribution in [-0.2, 0) is 0 Å². The number of hydrogen-bond acceptors (Lipinski definition) is 1. The normalized spacial score (nSPS) is 35.0. The van der Waals surface area contributed by atoms with E-state index >= 15 is 0 Å². The molecular weight excluding hydrogens is 170 g/mol. The molecule has 2 rings (SSSR count). The highest BCUT2D eigenvalue weighted by Gasteiger charge is 2.36. The molecule has 0 amide bonds. The second-order valence-electron chi connectivity index (χ2n) is 5.24. The Kier molecular flexibility index (Phi) is 2.96. The highest BCUT2D eigenvalue weighted by molar-refractivity contribution is 4.97. The van der Waals surface area contributed by atoms with E-state index in [1.165, 1.54) is 25.7 Å². The lowest BCUT2D eigenvalue weighted by Gasteiger charge is -2.20. The number of nitrogens with one attached hydrogen (secondary N) is 1. The standard InChI is InChI=1S/C13H23N/c1-4-9(2)12(11-5-6-11)7-8-13-10(3)14-13/h4,9-14H,1,5-8H2,2-3H3. The van der Waals surface area contributed by atoms with Crippen LogP contribution >= 0.6 is 0 Å². The predicted molar refractivity (Wildman–Crippen MR) is 61.2 cm³/mol. The first-order chi connectivity index (χ1) is 6.72. The molecule has 0 aromatic heterocycles. The maximum Gasteiger partial charge on any atom is 0.0221 e. The van der Waals surface area contributed by atoms with Crippen LogP contribution in [-0.4, -0.2) is 12.1 Å². The molecule has 1 heteroatoms. The lowest BCUT2D eigenvalue weighted by atomic mass is 9.85. The Bertz CT molecular complexity index is 207. The first-order valence-electron chi connectivity index (χ1n) is 6.11. The molecule has 80 valence electrons. The molecule has 2 fully saturated rings. The Labute approximate surface area is 88.0 Å². The van der Waals surface area contributed by atoms with Gasteiger partial charge in [0, 0.05) is 12.1 Å². The Morgan fingerprint density at radius 3 is 2.57 bits per heavy atom. The summed E-state index contributed by atoms with van der Waals surface area (Å²) in [6, 6.07) is 1.61. The zero-order chi connectivity index (χ0) is 10.1. The smallest absolute Gasteiger partial charge is 0.0221 e. The fourth-order valence-corrected chi connectivity index (χ4v) is 2.61. The van der Waals surface area contributed by atoms with Crippen LogP contribution in [0.3, 0.4) is 0 Å². The molecule has 14 heavy (non-hydrogen) atoms. The second-order valence-corrected chi connectivity index (χ2v) is 5.24. The molecule has 1 aliphatic heterocycles. The Morgan fingerprint density at radius 1 is 1.50 bits per heavy atom. The Hall–Kier alpha value is -0.300. The molecular formula is C13H23N. The average molecular weight is 193 g/mol. The van der Waals surface area contributed by atoms with Crippen LogP contribution in [0.15, 0.2) is 12.7 Å². The lowest BCUT2D eigenvalue weighted by molar-refractivity contribution is 0.336. The van der Waals surface area contributed by atoms with Crippen LogP contribution in [0.4, 0.5) is 0 Å². The van der Waals surface area contributed by atoms with Gasteiger partial charge in [-0.1, -0.05) is 13.0 Å². The van der Waals surface area contributed by atoms with Crippen molar-refractivity contribution < 1.29 is 0 Å². The van der Waals surface area contributed by atoms with Gasteiger partial charge in [0.1, 0.15) is 0 Å². The molecule has 1 N–H and O–H groups in total. The molecule has 1 saturated heterocycles. The van der Waals surface area contributed by atoms with Gasteiger partial charge < -0.3 is 5.32 Å². The van der Waals surface area contributed by atoms with Crippen LogP contribution in [0, 0.1) is 17.8 Å². The average Bonchev–Trinajstić information content (AvgIpc) is 3.04. The summed E-state index contributed by atoms with van der Waals surface area (Å²) in [5, 5.41) is 3.48. The minimum Gasteiger partial charge on any atom is -0.308 e. The predicted octanol–water partition coefficient (Wildman–Crippen LogP) is 2.98. The van der Waals surface area contributed by atoms with Crippen LogP contribution in [0.1, 0.15) is 39.5 Å². The minimum atomic E-state index is 0.719. The summed E-state index contributed by atoms with van der Waals surface area (Å²) in [5.74, 6) is 2.66. The summed E-state index contributed by atoms with van der Waals surface area (Å²) >= 11 is 0.